The second-order valence-electron chi connectivity index (χ2n) is 4.38. The van der Waals surface area contributed by atoms with Crippen molar-refractivity contribution in [2.24, 2.45) is 5.92 Å². The van der Waals surface area contributed by atoms with Crippen LogP contribution in [-0.2, 0) is 13.0 Å². The molecular formula is C11H19N3S. The molecule has 1 aliphatic rings. The van der Waals surface area contributed by atoms with E-state index in [1.54, 1.807) is 0 Å². The second kappa shape index (κ2) is 4.92. The summed E-state index contributed by atoms with van der Waals surface area (Å²) in [7, 11) is 0. The molecule has 0 aromatic carbocycles. The van der Waals surface area contributed by atoms with E-state index in [0.717, 1.165) is 29.5 Å². The Labute approximate surface area is 95.9 Å². The Morgan fingerprint density at radius 1 is 1.47 bits per heavy atom. The van der Waals surface area contributed by atoms with Gasteiger partial charge in [-0.3, -0.25) is 5.10 Å². The maximum absolute atomic E-state index is 5.17. The Hall–Kier alpha value is -0.640. The van der Waals surface area contributed by atoms with Crippen molar-refractivity contribution in [3.63, 3.8) is 0 Å². The molecule has 1 aromatic heterocycles. The van der Waals surface area contributed by atoms with Crippen molar-refractivity contribution in [1.29, 1.82) is 0 Å². The fourth-order valence-corrected chi connectivity index (χ4v) is 2.78. The third kappa shape index (κ3) is 2.48. The summed E-state index contributed by atoms with van der Waals surface area (Å²) >= 11 is 5.17. The maximum Gasteiger partial charge on any atom is 0.195 e. The molecule has 1 N–H and O–H groups in total. The first-order chi connectivity index (χ1) is 7.31. The summed E-state index contributed by atoms with van der Waals surface area (Å²) in [6.45, 7) is 3.04. The van der Waals surface area contributed by atoms with Gasteiger partial charge in [0.25, 0.3) is 0 Å². The summed E-state index contributed by atoms with van der Waals surface area (Å²) < 4.78 is 2.86. The first kappa shape index (κ1) is 10.9. The lowest BCUT2D eigenvalue weighted by atomic mass is 10.0. The van der Waals surface area contributed by atoms with Crippen molar-refractivity contribution >= 4 is 12.2 Å². The van der Waals surface area contributed by atoms with Crippen LogP contribution in [0.5, 0.6) is 0 Å². The molecule has 0 atom stereocenters. The van der Waals surface area contributed by atoms with Gasteiger partial charge in [-0.15, -0.1) is 0 Å². The van der Waals surface area contributed by atoms with Gasteiger partial charge < -0.3 is 4.57 Å². The molecule has 1 aliphatic carbocycles. The van der Waals surface area contributed by atoms with Gasteiger partial charge in [0.2, 0.25) is 0 Å². The Kier molecular flexibility index (Phi) is 3.57. The van der Waals surface area contributed by atoms with Gasteiger partial charge in [0, 0.05) is 13.0 Å². The molecule has 0 bridgehead atoms. The average Bonchev–Trinajstić information content (AvgIpc) is 2.84. The summed E-state index contributed by atoms with van der Waals surface area (Å²) in [6.07, 6.45) is 8.02. The van der Waals surface area contributed by atoms with Crippen LogP contribution in [0.2, 0.25) is 0 Å². The van der Waals surface area contributed by atoms with Crippen LogP contribution in [0, 0.1) is 10.7 Å². The Balaban J connectivity index is 1.95. The van der Waals surface area contributed by atoms with Crippen LogP contribution in [-0.4, -0.2) is 14.8 Å². The molecular weight excluding hydrogens is 206 g/mol. The second-order valence-corrected chi connectivity index (χ2v) is 4.77. The van der Waals surface area contributed by atoms with Crippen LogP contribution in [0.25, 0.3) is 0 Å². The molecule has 1 heterocycles. The third-order valence-corrected chi connectivity index (χ3v) is 3.72. The zero-order valence-corrected chi connectivity index (χ0v) is 10.1. The van der Waals surface area contributed by atoms with Crippen molar-refractivity contribution in [2.45, 2.75) is 52.0 Å². The van der Waals surface area contributed by atoms with Crippen LogP contribution < -0.4 is 0 Å². The van der Waals surface area contributed by atoms with Gasteiger partial charge in [-0.05, 0) is 31.5 Å². The van der Waals surface area contributed by atoms with Crippen molar-refractivity contribution in [2.75, 3.05) is 0 Å². The highest BCUT2D eigenvalue weighted by atomic mass is 32.1. The van der Waals surface area contributed by atoms with Crippen LogP contribution in [0.3, 0.4) is 0 Å². The smallest absolute Gasteiger partial charge is 0.195 e. The zero-order valence-electron chi connectivity index (χ0n) is 9.33. The van der Waals surface area contributed by atoms with E-state index in [1.807, 2.05) is 0 Å². The number of hydrogen-bond donors (Lipinski definition) is 1. The van der Waals surface area contributed by atoms with E-state index in [1.165, 1.54) is 32.1 Å². The number of aromatic amines is 1. The van der Waals surface area contributed by atoms with E-state index >= 15 is 0 Å². The number of H-pyrrole nitrogens is 1. The number of rotatable bonds is 4. The molecule has 1 saturated carbocycles. The number of nitrogens with zero attached hydrogens (tertiary/aromatic N) is 2. The molecule has 0 spiro atoms. The lowest BCUT2D eigenvalue weighted by molar-refractivity contribution is 0.489. The molecule has 2 rings (SSSR count). The average molecular weight is 225 g/mol. The molecule has 4 heteroatoms. The van der Waals surface area contributed by atoms with Crippen LogP contribution in [0.1, 0.15) is 44.9 Å². The van der Waals surface area contributed by atoms with Crippen LogP contribution in [0.4, 0.5) is 0 Å². The third-order valence-electron chi connectivity index (χ3n) is 3.40. The van der Waals surface area contributed by atoms with Crippen LogP contribution >= 0.6 is 12.2 Å². The monoisotopic (exact) mass is 225 g/mol. The molecule has 0 unspecified atom stereocenters. The lowest BCUT2D eigenvalue weighted by Crippen LogP contribution is -2.04. The van der Waals surface area contributed by atoms with E-state index in [4.69, 9.17) is 12.2 Å². The largest absolute Gasteiger partial charge is 0.304 e. The molecule has 3 nitrogen and oxygen atoms in total. The van der Waals surface area contributed by atoms with Crippen molar-refractivity contribution < 1.29 is 0 Å². The normalized spacial score (nSPS) is 17.4. The molecule has 15 heavy (non-hydrogen) atoms. The Morgan fingerprint density at radius 3 is 2.87 bits per heavy atom. The van der Waals surface area contributed by atoms with E-state index in [-0.39, 0.29) is 0 Å². The quantitative estimate of drug-likeness (QED) is 0.799. The lowest BCUT2D eigenvalue weighted by Gasteiger charge is -2.08. The Morgan fingerprint density at radius 2 is 2.20 bits per heavy atom. The van der Waals surface area contributed by atoms with Gasteiger partial charge in [0.15, 0.2) is 4.77 Å². The highest BCUT2D eigenvalue weighted by Crippen LogP contribution is 2.28. The van der Waals surface area contributed by atoms with E-state index in [0.29, 0.717) is 0 Å². The zero-order chi connectivity index (χ0) is 10.7. The number of aromatic nitrogens is 3. The molecule has 0 radical (unpaired) electrons. The van der Waals surface area contributed by atoms with Gasteiger partial charge in [-0.25, -0.2) is 0 Å². The van der Waals surface area contributed by atoms with Gasteiger partial charge in [-0.1, -0.05) is 25.7 Å². The van der Waals surface area contributed by atoms with E-state index < -0.39 is 0 Å². The number of hydrogen-bond acceptors (Lipinski definition) is 2. The van der Waals surface area contributed by atoms with Crippen molar-refractivity contribution in [3.8, 4) is 0 Å². The van der Waals surface area contributed by atoms with Crippen LogP contribution in [0.15, 0.2) is 0 Å². The van der Waals surface area contributed by atoms with Gasteiger partial charge >= 0.3 is 0 Å². The predicted molar refractivity (Wildman–Crippen MR) is 63.4 cm³/mol. The van der Waals surface area contributed by atoms with Gasteiger partial charge in [0.1, 0.15) is 5.82 Å². The molecule has 1 fully saturated rings. The summed E-state index contributed by atoms with van der Waals surface area (Å²) in [4.78, 5) is 0. The highest BCUT2D eigenvalue weighted by molar-refractivity contribution is 7.71. The number of aryl methyl sites for hydroxylation is 1. The summed E-state index contributed by atoms with van der Waals surface area (Å²) in [5.41, 5.74) is 0. The minimum absolute atomic E-state index is 0.763. The first-order valence-electron chi connectivity index (χ1n) is 5.95. The fraction of sp³-hybridized carbons (Fsp3) is 0.818. The summed E-state index contributed by atoms with van der Waals surface area (Å²) in [5.74, 6) is 2.06. The fourth-order valence-electron chi connectivity index (χ4n) is 2.50. The minimum Gasteiger partial charge on any atom is -0.304 e. The van der Waals surface area contributed by atoms with Crippen molar-refractivity contribution in [3.05, 3.63) is 10.6 Å². The summed E-state index contributed by atoms with van der Waals surface area (Å²) in [5, 5.41) is 7.17. The van der Waals surface area contributed by atoms with Crippen molar-refractivity contribution in [1.82, 2.24) is 14.8 Å². The van der Waals surface area contributed by atoms with Gasteiger partial charge in [-0.2, -0.15) is 5.10 Å². The highest BCUT2D eigenvalue weighted by Gasteiger charge is 2.15. The SMILES string of the molecule is CCn1c(CCC2CCCC2)n[nH]c1=S. The first-order valence-corrected chi connectivity index (χ1v) is 6.36. The molecule has 0 amide bonds. The Bertz CT molecular complexity index is 360. The van der Waals surface area contributed by atoms with E-state index in [2.05, 4.69) is 21.7 Å². The van der Waals surface area contributed by atoms with E-state index in [9.17, 15) is 0 Å². The summed E-state index contributed by atoms with van der Waals surface area (Å²) in [6, 6.07) is 0. The molecule has 84 valence electrons. The topological polar surface area (TPSA) is 33.6 Å². The standard InChI is InChI=1S/C11H19N3S/c1-2-14-10(12-13-11(14)15)8-7-9-5-3-4-6-9/h9H,2-8H2,1H3,(H,13,15). The molecule has 0 saturated heterocycles. The minimum atomic E-state index is 0.763. The predicted octanol–water partition coefficient (Wildman–Crippen LogP) is 3.08. The molecule has 1 aromatic rings. The molecule has 0 aliphatic heterocycles. The van der Waals surface area contributed by atoms with Gasteiger partial charge in [0.05, 0.1) is 0 Å². The number of nitrogens with one attached hydrogen (secondary N) is 1. The maximum atomic E-state index is 5.17.